The summed E-state index contributed by atoms with van der Waals surface area (Å²) in [5.74, 6) is 2.27. The lowest BCUT2D eigenvalue weighted by Gasteiger charge is -2.18. The predicted octanol–water partition coefficient (Wildman–Crippen LogP) is 1.58. The molecule has 1 aromatic carbocycles. The van der Waals surface area contributed by atoms with Crippen LogP contribution < -0.4 is 14.2 Å². The fourth-order valence-corrected chi connectivity index (χ4v) is 3.43. The van der Waals surface area contributed by atoms with Crippen LogP contribution in [-0.4, -0.2) is 33.2 Å². The minimum atomic E-state index is -3.62. The van der Waals surface area contributed by atoms with Gasteiger partial charge in [0.1, 0.15) is 19.0 Å². The lowest BCUT2D eigenvalue weighted by atomic mass is 10.3. The quantitative estimate of drug-likeness (QED) is 0.890. The van der Waals surface area contributed by atoms with Gasteiger partial charge in [0.2, 0.25) is 10.0 Å². The number of hydrogen-bond acceptors (Lipinski definition) is 6. The number of ether oxygens (including phenoxy) is 2. The third kappa shape index (κ3) is 3.48. The number of hydrogen-bond donors (Lipinski definition) is 1. The Kier molecular flexibility index (Phi) is 4.27. The van der Waals surface area contributed by atoms with E-state index in [1.165, 1.54) is 12.1 Å². The van der Waals surface area contributed by atoms with E-state index in [1.54, 1.807) is 13.0 Å². The van der Waals surface area contributed by atoms with Gasteiger partial charge in [-0.15, -0.1) is 0 Å². The van der Waals surface area contributed by atoms with Crippen molar-refractivity contribution in [2.24, 2.45) is 0 Å². The molecule has 0 atom stereocenters. The van der Waals surface area contributed by atoms with Gasteiger partial charge >= 0.3 is 0 Å². The lowest BCUT2D eigenvalue weighted by molar-refractivity contribution is 0.171. The Balaban J connectivity index is 1.68. The second-order valence-electron chi connectivity index (χ2n) is 5.19. The molecule has 0 saturated carbocycles. The van der Waals surface area contributed by atoms with E-state index in [4.69, 9.17) is 13.9 Å². The van der Waals surface area contributed by atoms with E-state index in [0.29, 0.717) is 42.8 Å². The summed E-state index contributed by atoms with van der Waals surface area (Å²) >= 11 is 0. The lowest BCUT2D eigenvalue weighted by Crippen LogP contribution is -2.26. The van der Waals surface area contributed by atoms with Gasteiger partial charge in [-0.3, -0.25) is 0 Å². The molecule has 0 fully saturated rings. The summed E-state index contributed by atoms with van der Waals surface area (Å²) in [6, 6.07) is 4.58. The van der Waals surface area contributed by atoms with Gasteiger partial charge in [-0.2, -0.15) is 0 Å². The van der Waals surface area contributed by atoms with Gasteiger partial charge in [-0.1, -0.05) is 0 Å². The Morgan fingerprint density at radius 3 is 2.61 bits per heavy atom. The summed E-state index contributed by atoms with van der Waals surface area (Å²) in [5.41, 5.74) is 0.779. The molecule has 2 aromatic rings. The van der Waals surface area contributed by atoms with Crippen molar-refractivity contribution in [3.63, 3.8) is 0 Å². The van der Waals surface area contributed by atoms with E-state index in [1.807, 2.05) is 6.92 Å². The van der Waals surface area contributed by atoms with Crippen LogP contribution in [0, 0.1) is 13.8 Å². The standard InChI is InChI=1S/C15H18N2O5S/c1-10-13(22-11(2)17-10)5-6-16-23(18,19)12-3-4-14-15(9-12)21-8-7-20-14/h3-4,9,16H,5-8H2,1-2H3. The highest BCUT2D eigenvalue weighted by Crippen LogP contribution is 2.32. The molecule has 7 nitrogen and oxygen atoms in total. The number of nitrogens with zero attached hydrogens (tertiary/aromatic N) is 1. The second kappa shape index (κ2) is 6.21. The Hall–Kier alpha value is -2.06. The van der Waals surface area contributed by atoms with Crippen molar-refractivity contribution >= 4 is 10.0 Å². The number of nitrogens with one attached hydrogen (secondary N) is 1. The number of oxazole rings is 1. The highest BCUT2D eigenvalue weighted by molar-refractivity contribution is 7.89. The Labute approximate surface area is 134 Å². The molecule has 1 aromatic heterocycles. The SMILES string of the molecule is Cc1nc(C)c(CCNS(=O)(=O)c2ccc3c(c2)OCCO3)o1. The zero-order valence-electron chi connectivity index (χ0n) is 13.0. The van der Waals surface area contributed by atoms with Crippen molar-refractivity contribution < 1.29 is 22.3 Å². The minimum Gasteiger partial charge on any atom is -0.486 e. The predicted molar refractivity (Wildman–Crippen MR) is 82.3 cm³/mol. The smallest absolute Gasteiger partial charge is 0.240 e. The largest absolute Gasteiger partial charge is 0.486 e. The topological polar surface area (TPSA) is 90.7 Å². The molecular formula is C15H18N2O5S. The molecule has 23 heavy (non-hydrogen) atoms. The van der Waals surface area contributed by atoms with Crippen LogP contribution in [0.5, 0.6) is 11.5 Å². The van der Waals surface area contributed by atoms with Gasteiger partial charge in [0.05, 0.1) is 10.6 Å². The third-order valence-corrected chi connectivity index (χ3v) is 4.93. The molecule has 0 bridgehead atoms. The molecule has 124 valence electrons. The zero-order chi connectivity index (χ0) is 16.4. The summed E-state index contributed by atoms with van der Waals surface area (Å²) in [4.78, 5) is 4.30. The van der Waals surface area contributed by atoms with E-state index in [2.05, 4.69) is 9.71 Å². The first-order valence-electron chi connectivity index (χ1n) is 7.28. The monoisotopic (exact) mass is 338 g/mol. The highest BCUT2D eigenvalue weighted by Gasteiger charge is 2.19. The molecule has 1 N–H and O–H groups in total. The van der Waals surface area contributed by atoms with Crippen LogP contribution in [0.4, 0.5) is 0 Å². The van der Waals surface area contributed by atoms with Gasteiger partial charge < -0.3 is 13.9 Å². The zero-order valence-corrected chi connectivity index (χ0v) is 13.8. The van der Waals surface area contributed by atoms with E-state index < -0.39 is 10.0 Å². The van der Waals surface area contributed by atoms with Gasteiger partial charge in [0.15, 0.2) is 17.4 Å². The summed E-state index contributed by atoms with van der Waals surface area (Å²) in [5, 5.41) is 0. The molecule has 8 heteroatoms. The summed E-state index contributed by atoms with van der Waals surface area (Å²) in [7, 11) is -3.62. The van der Waals surface area contributed by atoms with Gasteiger partial charge in [0.25, 0.3) is 0 Å². The van der Waals surface area contributed by atoms with Crippen molar-refractivity contribution in [2.45, 2.75) is 25.2 Å². The van der Waals surface area contributed by atoms with Crippen LogP contribution in [0.25, 0.3) is 0 Å². The van der Waals surface area contributed by atoms with E-state index >= 15 is 0 Å². The van der Waals surface area contributed by atoms with Crippen LogP contribution >= 0.6 is 0 Å². The van der Waals surface area contributed by atoms with Gasteiger partial charge in [0, 0.05) is 26.0 Å². The van der Waals surface area contributed by atoms with Crippen LogP contribution in [0.3, 0.4) is 0 Å². The molecule has 0 saturated heterocycles. The van der Waals surface area contributed by atoms with Crippen LogP contribution in [0.1, 0.15) is 17.3 Å². The fourth-order valence-electron chi connectivity index (χ4n) is 2.38. The Morgan fingerprint density at radius 1 is 1.17 bits per heavy atom. The first kappa shape index (κ1) is 15.8. The number of aromatic nitrogens is 1. The number of benzene rings is 1. The van der Waals surface area contributed by atoms with Crippen molar-refractivity contribution in [1.29, 1.82) is 0 Å². The van der Waals surface area contributed by atoms with Gasteiger partial charge in [-0.05, 0) is 19.1 Å². The maximum atomic E-state index is 12.3. The molecule has 0 unspecified atom stereocenters. The molecule has 3 rings (SSSR count). The first-order chi connectivity index (χ1) is 11.0. The Morgan fingerprint density at radius 2 is 1.91 bits per heavy atom. The second-order valence-corrected chi connectivity index (χ2v) is 6.96. The van der Waals surface area contributed by atoms with Crippen LogP contribution in [-0.2, 0) is 16.4 Å². The maximum Gasteiger partial charge on any atom is 0.240 e. The number of fused-ring (bicyclic) bond motifs is 1. The van der Waals surface area contributed by atoms with E-state index in [-0.39, 0.29) is 11.4 Å². The molecule has 0 radical (unpaired) electrons. The van der Waals surface area contributed by atoms with Crippen molar-refractivity contribution in [2.75, 3.05) is 19.8 Å². The van der Waals surface area contributed by atoms with Crippen molar-refractivity contribution in [3.05, 3.63) is 35.5 Å². The minimum absolute atomic E-state index is 0.146. The normalized spacial score (nSPS) is 14.0. The average molecular weight is 338 g/mol. The van der Waals surface area contributed by atoms with Gasteiger partial charge in [-0.25, -0.2) is 18.1 Å². The highest BCUT2D eigenvalue weighted by atomic mass is 32.2. The first-order valence-corrected chi connectivity index (χ1v) is 8.76. The number of sulfonamides is 1. The third-order valence-electron chi connectivity index (χ3n) is 3.47. The molecule has 0 amide bonds. The number of rotatable bonds is 5. The van der Waals surface area contributed by atoms with Crippen molar-refractivity contribution in [3.8, 4) is 11.5 Å². The molecule has 1 aliphatic rings. The number of aryl methyl sites for hydroxylation is 2. The molecule has 0 aliphatic carbocycles. The van der Waals surface area contributed by atoms with E-state index in [0.717, 1.165) is 5.69 Å². The van der Waals surface area contributed by atoms with Crippen LogP contribution in [0.15, 0.2) is 27.5 Å². The van der Waals surface area contributed by atoms with Crippen molar-refractivity contribution in [1.82, 2.24) is 9.71 Å². The maximum absolute atomic E-state index is 12.3. The average Bonchev–Trinajstić information content (AvgIpc) is 2.84. The molecule has 0 spiro atoms. The fraction of sp³-hybridized carbons (Fsp3) is 0.400. The molecule has 1 aliphatic heterocycles. The van der Waals surface area contributed by atoms with E-state index in [9.17, 15) is 8.42 Å². The molecule has 2 heterocycles. The summed E-state index contributed by atoms with van der Waals surface area (Å²) < 4.78 is 43.5. The summed E-state index contributed by atoms with van der Waals surface area (Å²) in [6.45, 7) is 4.70. The summed E-state index contributed by atoms with van der Waals surface area (Å²) in [6.07, 6.45) is 0.441. The Bertz CT molecular complexity index is 813. The van der Waals surface area contributed by atoms with Crippen LogP contribution in [0.2, 0.25) is 0 Å². The molecular weight excluding hydrogens is 320 g/mol.